The average molecular weight is 300 g/mol. The normalized spacial score (nSPS) is 18.5. The summed E-state index contributed by atoms with van der Waals surface area (Å²) in [5.41, 5.74) is 4.49. The Morgan fingerprint density at radius 3 is 2.43 bits per heavy atom. The molecule has 0 aliphatic carbocycles. The number of benzene rings is 1. The molecule has 0 saturated carbocycles. The van der Waals surface area contributed by atoms with Gasteiger partial charge in [0, 0.05) is 35.7 Å². The predicted octanol–water partition coefficient (Wildman–Crippen LogP) is 3.38. The number of aromatic nitrogens is 1. The molecule has 1 aliphatic heterocycles. The minimum Gasteiger partial charge on any atom is -0.318 e. The van der Waals surface area contributed by atoms with E-state index in [0.717, 1.165) is 23.7 Å². The molecule has 0 radical (unpaired) electrons. The second-order valence-electron chi connectivity index (χ2n) is 5.73. The number of nitrogens with zero attached hydrogens (tertiary/aromatic N) is 2. The first-order valence-corrected chi connectivity index (χ1v) is 7.90. The second kappa shape index (κ2) is 5.60. The lowest BCUT2D eigenvalue weighted by molar-refractivity contribution is -0.117. The van der Waals surface area contributed by atoms with Crippen LogP contribution in [0.5, 0.6) is 0 Å². The molecular formula is C17H20N2OS. The molecule has 1 unspecified atom stereocenters. The van der Waals surface area contributed by atoms with Gasteiger partial charge in [-0.25, -0.2) is 0 Å². The van der Waals surface area contributed by atoms with E-state index < -0.39 is 0 Å². The van der Waals surface area contributed by atoms with E-state index in [0.29, 0.717) is 12.3 Å². The highest BCUT2D eigenvalue weighted by Gasteiger charge is 2.29. The Morgan fingerprint density at radius 1 is 1.14 bits per heavy atom. The van der Waals surface area contributed by atoms with Crippen molar-refractivity contribution in [3.8, 4) is 5.69 Å². The molecule has 0 bridgehead atoms. The Bertz CT molecular complexity index is 658. The molecule has 1 amide bonds. The molecule has 1 aromatic heterocycles. The largest absolute Gasteiger partial charge is 0.318 e. The van der Waals surface area contributed by atoms with Crippen LogP contribution in [0.2, 0.25) is 0 Å². The molecule has 21 heavy (non-hydrogen) atoms. The van der Waals surface area contributed by atoms with Gasteiger partial charge < -0.3 is 9.47 Å². The fourth-order valence-corrected chi connectivity index (χ4v) is 3.27. The summed E-state index contributed by atoms with van der Waals surface area (Å²) in [5, 5.41) is 0. The van der Waals surface area contributed by atoms with Crippen molar-refractivity contribution in [3.63, 3.8) is 0 Å². The summed E-state index contributed by atoms with van der Waals surface area (Å²) in [6.45, 7) is 4.96. The van der Waals surface area contributed by atoms with Gasteiger partial charge in [-0.1, -0.05) is 6.07 Å². The summed E-state index contributed by atoms with van der Waals surface area (Å²) in [4.78, 5) is 14.0. The number of rotatable bonds is 3. The molecule has 0 N–H and O–H groups in total. The number of carbonyl (C=O) groups is 1. The van der Waals surface area contributed by atoms with Gasteiger partial charge in [0.25, 0.3) is 0 Å². The monoisotopic (exact) mass is 300 g/mol. The zero-order chi connectivity index (χ0) is 15.0. The Hall–Kier alpha value is -1.68. The Labute approximate surface area is 131 Å². The van der Waals surface area contributed by atoms with Gasteiger partial charge in [0.15, 0.2) is 0 Å². The van der Waals surface area contributed by atoms with Crippen LogP contribution in [0.1, 0.15) is 17.8 Å². The van der Waals surface area contributed by atoms with Crippen molar-refractivity contribution < 1.29 is 4.79 Å². The maximum absolute atomic E-state index is 12.2. The van der Waals surface area contributed by atoms with Crippen molar-refractivity contribution >= 4 is 24.2 Å². The third kappa shape index (κ3) is 2.60. The van der Waals surface area contributed by atoms with E-state index in [-0.39, 0.29) is 5.91 Å². The molecule has 3 rings (SSSR count). The summed E-state index contributed by atoms with van der Waals surface area (Å²) in [7, 11) is 0. The van der Waals surface area contributed by atoms with Crippen LogP contribution >= 0.6 is 12.6 Å². The number of thiol groups is 1. The predicted molar refractivity (Wildman–Crippen MR) is 89.6 cm³/mol. The average Bonchev–Trinajstić information content (AvgIpc) is 3.02. The van der Waals surface area contributed by atoms with Gasteiger partial charge in [0.05, 0.1) is 0 Å². The third-order valence-corrected chi connectivity index (χ3v) is 4.65. The van der Waals surface area contributed by atoms with Crippen LogP contribution in [-0.4, -0.2) is 22.8 Å². The van der Waals surface area contributed by atoms with Gasteiger partial charge in [-0.15, -0.1) is 0 Å². The standard InChI is InChI=1S/C17H20N2OS/c1-12-6-7-13(2)19(12)16-5-3-4-15(9-16)18-10-14(11-21)8-17(18)20/h3-7,9,14,21H,8,10-11H2,1-2H3. The fourth-order valence-electron chi connectivity index (χ4n) is 3.03. The van der Waals surface area contributed by atoms with E-state index in [1.165, 1.54) is 11.4 Å². The lowest BCUT2D eigenvalue weighted by atomic mass is 10.1. The molecule has 3 nitrogen and oxygen atoms in total. The van der Waals surface area contributed by atoms with Gasteiger partial charge in [0.2, 0.25) is 5.91 Å². The highest BCUT2D eigenvalue weighted by molar-refractivity contribution is 7.80. The van der Waals surface area contributed by atoms with Crippen molar-refractivity contribution in [1.82, 2.24) is 4.57 Å². The van der Waals surface area contributed by atoms with Crippen LogP contribution < -0.4 is 4.90 Å². The summed E-state index contributed by atoms with van der Waals surface area (Å²) < 4.78 is 2.21. The zero-order valence-corrected chi connectivity index (χ0v) is 13.3. The highest BCUT2D eigenvalue weighted by Crippen LogP contribution is 2.28. The molecule has 4 heteroatoms. The summed E-state index contributed by atoms with van der Waals surface area (Å²) >= 11 is 4.32. The van der Waals surface area contributed by atoms with Gasteiger partial charge in [-0.2, -0.15) is 12.6 Å². The molecule has 0 spiro atoms. The number of aryl methyl sites for hydroxylation is 2. The Morgan fingerprint density at radius 2 is 1.81 bits per heavy atom. The van der Waals surface area contributed by atoms with Gasteiger partial charge >= 0.3 is 0 Å². The topological polar surface area (TPSA) is 25.2 Å². The van der Waals surface area contributed by atoms with Crippen LogP contribution in [-0.2, 0) is 4.79 Å². The molecule has 2 aromatic rings. The minimum atomic E-state index is 0.201. The fraction of sp³-hybridized carbons (Fsp3) is 0.353. The summed E-state index contributed by atoms with van der Waals surface area (Å²) in [5.74, 6) is 1.32. The molecule has 110 valence electrons. The van der Waals surface area contributed by atoms with Gasteiger partial charge in [-0.05, 0) is 55.9 Å². The van der Waals surface area contributed by atoms with E-state index in [4.69, 9.17) is 0 Å². The third-order valence-electron chi connectivity index (χ3n) is 4.13. The maximum Gasteiger partial charge on any atom is 0.227 e. The molecule has 1 saturated heterocycles. The van der Waals surface area contributed by atoms with Crippen LogP contribution in [0.3, 0.4) is 0 Å². The van der Waals surface area contributed by atoms with Crippen molar-refractivity contribution in [1.29, 1.82) is 0 Å². The first-order valence-electron chi connectivity index (χ1n) is 7.26. The van der Waals surface area contributed by atoms with Gasteiger partial charge in [0.1, 0.15) is 0 Å². The van der Waals surface area contributed by atoms with Crippen LogP contribution in [0.4, 0.5) is 5.69 Å². The van der Waals surface area contributed by atoms with E-state index >= 15 is 0 Å². The molecule has 1 fully saturated rings. The molecule has 1 aliphatic rings. The number of hydrogen-bond acceptors (Lipinski definition) is 2. The minimum absolute atomic E-state index is 0.201. The van der Waals surface area contributed by atoms with Crippen LogP contribution in [0.15, 0.2) is 36.4 Å². The second-order valence-corrected chi connectivity index (χ2v) is 6.09. The molecule has 1 aromatic carbocycles. The number of amides is 1. The van der Waals surface area contributed by atoms with Crippen molar-refractivity contribution in [3.05, 3.63) is 47.8 Å². The number of carbonyl (C=O) groups excluding carboxylic acids is 1. The van der Waals surface area contributed by atoms with Gasteiger partial charge in [-0.3, -0.25) is 4.79 Å². The molecule has 1 atom stereocenters. The smallest absolute Gasteiger partial charge is 0.227 e. The summed E-state index contributed by atoms with van der Waals surface area (Å²) in [6, 6.07) is 12.4. The highest BCUT2D eigenvalue weighted by atomic mass is 32.1. The lowest BCUT2D eigenvalue weighted by Gasteiger charge is -2.18. The Balaban J connectivity index is 1.96. The van der Waals surface area contributed by atoms with E-state index in [1.54, 1.807) is 0 Å². The van der Waals surface area contributed by atoms with E-state index in [2.05, 4.69) is 55.3 Å². The molecule has 2 heterocycles. The quantitative estimate of drug-likeness (QED) is 0.864. The first-order chi connectivity index (χ1) is 10.1. The van der Waals surface area contributed by atoms with E-state index in [9.17, 15) is 4.79 Å². The van der Waals surface area contributed by atoms with Crippen LogP contribution in [0, 0.1) is 19.8 Å². The van der Waals surface area contributed by atoms with Crippen molar-refractivity contribution in [2.75, 3.05) is 17.2 Å². The zero-order valence-electron chi connectivity index (χ0n) is 12.4. The number of hydrogen-bond donors (Lipinski definition) is 1. The number of anilines is 1. The van der Waals surface area contributed by atoms with Crippen LogP contribution in [0.25, 0.3) is 5.69 Å². The Kier molecular flexibility index (Phi) is 3.81. The van der Waals surface area contributed by atoms with Crippen molar-refractivity contribution in [2.45, 2.75) is 20.3 Å². The SMILES string of the molecule is Cc1ccc(C)n1-c1cccc(N2CC(CS)CC2=O)c1. The maximum atomic E-state index is 12.2. The summed E-state index contributed by atoms with van der Waals surface area (Å²) in [6.07, 6.45) is 0.606. The van der Waals surface area contributed by atoms with Crippen molar-refractivity contribution in [2.24, 2.45) is 5.92 Å². The first kappa shape index (κ1) is 14.3. The van der Waals surface area contributed by atoms with E-state index in [1.807, 2.05) is 17.0 Å². The lowest BCUT2D eigenvalue weighted by Crippen LogP contribution is -2.24. The molecular weight excluding hydrogens is 280 g/mol.